The van der Waals surface area contributed by atoms with E-state index in [0.717, 1.165) is 15.6 Å². The highest BCUT2D eigenvalue weighted by Gasteiger charge is 2.21. The van der Waals surface area contributed by atoms with Gasteiger partial charge in [-0.2, -0.15) is 0 Å². The Kier molecular flexibility index (Phi) is 4.23. The zero-order valence-electron chi connectivity index (χ0n) is 14.2. The quantitative estimate of drug-likeness (QED) is 0.441. The molecule has 0 aliphatic rings. The van der Waals surface area contributed by atoms with E-state index in [1.165, 1.54) is 0 Å². The van der Waals surface area contributed by atoms with Crippen molar-refractivity contribution >= 4 is 33.0 Å². The molecule has 3 heteroatoms. The van der Waals surface area contributed by atoms with Gasteiger partial charge in [0, 0.05) is 37.7 Å². The molecular formula is C23H16O2S. The Morgan fingerprint density at radius 3 is 2.04 bits per heavy atom. The van der Waals surface area contributed by atoms with E-state index in [-0.39, 0.29) is 11.6 Å². The first kappa shape index (κ1) is 16.4. The van der Waals surface area contributed by atoms with Gasteiger partial charge in [-0.15, -0.1) is 11.3 Å². The number of aryl methyl sites for hydroxylation is 1. The van der Waals surface area contributed by atoms with Crippen molar-refractivity contribution in [2.24, 2.45) is 0 Å². The van der Waals surface area contributed by atoms with Crippen LogP contribution in [-0.2, 0) is 0 Å². The number of fused-ring (bicyclic) bond motifs is 1. The van der Waals surface area contributed by atoms with Gasteiger partial charge in [0.15, 0.2) is 11.6 Å². The number of hydrogen-bond acceptors (Lipinski definition) is 3. The van der Waals surface area contributed by atoms with Gasteiger partial charge >= 0.3 is 0 Å². The number of ketones is 2. The molecule has 0 aliphatic heterocycles. The van der Waals surface area contributed by atoms with E-state index in [0.29, 0.717) is 22.3 Å². The normalized spacial score (nSPS) is 10.8. The summed E-state index contributed by atoms with van der Waals surface area (Å²) in [6.45, 7) is 1.98. The third-order valence-corrected chi connectivity index (χ3v) is 5.42. The molecule has 26 heavy (non-hydrogen) atoms. The van der Waals surface area contributed by atoms with E-state index in [2.05, 4.69) is 0 Å². The van der Waals surface area contributed by atoms with Gasteiger partial charge < -0.3 is 0 Å². The van der Waals surface area contributed by atoms with E-state index in [9.17, 15) is 9.59 Å². The molecule has 0 radical (unpaired) electrons. The Hall–Kier alpha value is -3.04. The minimum absolute atomic E-state index is 0.112. The van der Waals surface area contributed by atoms with Crippen molar-refractivity contribution in [3.05, 3.63) is 106 Å². The Morgan fingerprint density at radius 1 is 0.692 bits per heavy atom. The fraction of sp³-hybridized carbons (Fsp3) is 0.0435. The average Bonchev–Trinajstić information content (AvgIpc) is 3.11. The molecule has 4 aromatic rings. The van der Waals surface area contributed by atoms with Crippen LogP contribution in [-0.4, -0.2) is 11.6 Å². The van der Waals surface area contributed by atoms with Gasteiger partial charge in [-0.05, 0) is 13.0 Å². The Morgan fingerprint density at radius 2 is 1.31 bits per heavy atom. The maximum Gasteiger partial charge on any atom is 0.195 e. The molecule has 0 saturated carbocycles. The van der Waals surface area contributed by atoms with Crippen molar-refractivity contribution < 1.29 is 9.59 Å². The first-order chi connectivity index (χ1) is 12.6. The minimum atomic E-state index is -0.131. The van der Waals surface area contributed by atoms with Crippen LogP contribution >= 0.6 is 11.3 Å². The van der Waals surface area contributed by atoms with E-state index in [4.69, 9.17) is 0 Å². The van der Waals surface area contributed by atoms with Crippen LogP contribution in [0.3, 0.4) is 0 Å². The van der Waals surface area contributed by atoms with Crippen molar-refractivity contribution in [2.45, 2.75) is 6.92 Å². The van der Waals surface area contributed by atoms with Gasteiger partial charge in [0.25, 0.3) is 0 Å². The van der Waals surface area contributed by atoms with Crippen LogP contribution < -0.4 is 0 Å². The second-order valence-electron chi connectivity index (χ2n) is 6.22. The Labute approximate surface area is 155 Å². The molecule has 0 bridgehead atoms. The molecule has 0 fully saturated rings. The third kappa shape index (κ3) is 2.87. The van der Waals surface area contributed by atoms with Gasteiger partial charge in [0.2, 0.25) is 0 Å². The van der Waals surface area contributed by atoms with Crippen LogP contribution in [0.4, 0.5) is 0 Å². The van der Waals surface area contributed by atoms with Crippen molar-refractivity contribution in [1.29, 1.82) is 0 Å². The van der Waals surface area contributed by atoms with Crippen LogP contribution in [0.5, 0.6) is 0 Å². The van der Waals surface area contributed by atoms with Gasteiger partial charge in [-0.25, -0.2) is 0 Å². The van der Waals surface area contributed by atoms with Gasteiger partial charge in [0.1, 0.15) is 0 Å². The number of hydrogen-bond donors (Lipinski definition) is 0. The van der Waals surface area contributed by atoms with Crippen molar-refractivity contribution in [1.82, 2.24) is 0 Å². The summed E-state index contributed by atoms with van der Waals surface area (Å²) in [7, 11) is 0. The second kappa shape index (κ2) is 6.70. The molecule has 1 aromatic heterocycles. The Balaban J connectivity index is 1.79. The molecule has 0 aliphatic carbocycles. The van der Waals surface area contributed by atoms with Crippen LogP contribution in [0, 0.1) is 6.92 Å². The van der Waals surface area contributed by atoms with Crippen LogP contribution in [0.1, 0.15) is 37.4 Å². The zero-order chi connectivity index (χ0) is 18.1. The fourth-order valence-corrected chi connectivity index (χ4v) is 3.98. The van der Waals surface area contributed by atoms with Gasteiger partial charge in [-0.3, -0.25) is 9.59 Å². The maximum atomic E-state index is 13.2. The van der Waals surface area contributed by atoms with E-state index in [1.807, 2.05) is 48.7 Å². The molecule has 0 saturated heterocycles. The standard InChI is InChI=1S/C23H16O2S/c1-15-10-12-16(13-11-15)22(24)18-7-2-3-8-19(18)23(25)20-14-26-21-9-5-4-6-17(20)21/h2-14H,1H3. The lowest BCUT2D eigenvalue weighted by Gasteiger charge is -2.08. The monoisotopic (exact) mass is 356 g/mol. The fourth-order valence-electron chi connectivity index (χ4n) is 3.04. The summed E-state index contributed by atoms with van der Waals surface area (Å²) in [5.41, 5.74) is 3.22. The summed E-state index contributed by atoms with van der Waals surface area (Å²) >= 11 is 1.54. The summed E-state index contributed by atoms with van der Waals surface area (Å²) in [6, 6.07) is 22.3. The van der Waals surface area contributed by atoms with Crippen molar-refractivity contribution in [2.75, 3.05) is 0 Å². The summed E-state index contributed by atoms with van der Waals surface area (Å²) < 4.78 is 1.07. The van der Waals surface area contributed by atoms with E-state index >= 15 is 0 Å². The summed E-state index contributed by atoms with van der Waals surface area (Å²) in [6.07, 6.45) is 0. The molecule has 0 amide bonds. The van der Waals surface area contributed by atoms with Crippen LogP contribution in [0.25, 0.3) is 10.1 Å². The largest absolute Gasteiger partial charge is 0.289 e. The molecule has 2 nitrogen and oxygen atoms in total. The molecular weight excluding hydrogens is 340 g/mol. The lowest BCUT2D eigenvalue weighted by Crippen LogP contribution is -2.10. The number of benzene rings is 3. The number of carbonyl (C=O) groups excluding carboxylic acids is 2. The highest BCUT2D eigenvalue weighted by molar-refractivity contribution is 7.17. The van der Waals surface area contributed by atoms with Crippen molar-refractivity contribution in [3.63, 3.8) is 0 Å². The highest BCUT2D eigenvalue weighted by atomic mass is 32.1. The first-order valence-corrected chi connectivity index (χ1v) is 9.24. The topological polar surface area (TPSA) is 34.1 Å². The zero-order valence-corrected chi connectivity index (χ0v) is 15.0. The number of carbonyl (C=O) groups is 2. The van der Waals surface area contributed by atoms with Gasteiger partial charge in [-0.1, -0.05) is 72.3 Å². The molecule has 3 aromatic carbocycles. The molecule has 0 N–H and O–H groups in total. The predicted octanol–water partition coefficient (Wildman–Crippen LogP) is 5.67. The third-order valence-electron chi connectivity index (χ3n) is 4.46. The Bertz CT molecular complexity index is 1120. The lowest BCUT2D eigenvalue weighted by atomic mass is 9.93. The van der Waals surface area contributed by atoms with E-state index < -0.39 is 0 Å². The lowest BCUT2D eigenvalue weighted by molar-refractivity contribution is 0.100. The van der Waals surface area contributed by atoms with Crippen LogP contribution in [0.2, 0.25) is 0 Å². The molecule has 126 valence electrons. The van der Waals surface area contributed by atoms with Gasteiger partial charge in [0.05, 0.1) is 0 Å². The number of thiophene rings is 1. The summed E-state index contributed by atoms with van der Waals surface area (Å²) in [5.74, 6) is -0.244. The summed E-state index contributed by atoms with van der Waals surface area (Å²) in [5, 5.41) is 2.81. The summed E-state index contributed by atoms with van der Waals surface area (Å²) in [4.78, 5) is 26.2. The average molecular weight is 356 g/mol. The smallest absolute Gasteiger partial charge is 0.195 e. The SMILES string of the molecule is Cc1ccc(C(=O)c2ccccc2C(=O)c2csc3ccccc23)cc1. The molecule has 0 unspecified atom stereocenters. The molecule has 0 spiro atoms. The second-order valence-corrected chi connectivity index (χ2v) is 7.13. The predicted molar refractivity (Wildman–Crippen MR) is 106 cm³/mol. The molecule has 0 atom stereocenters. The van der Waals surface area contributed by atoms with E-state index in [1.54, 1.807) is 47.7 Å². The maximum absolute atomic E-state index is 13.2. The highest BCUT2D eigenvalue weighted by Crippen LogP contribution is 2.29. The van der Waals surface area contributed by atoms with Crippen molar-refractivity contribution in [3.8, 4) is 0 Å². The number of rotatable bonds is 4. The minimum Gasteiger partial charge on any atom is -0.289 e. The first-order valence-electron chi connectivity index (χ1n) is 8.36. The van der Waals surface area contributed by atoms with Crippen LogP contribution in [0.15, 0.2) is 78.2 Å². The molecule has 1 heterocycles. The molecule has 4 rings (SSSR count).